The molecule has 7 heteroatoms. The van der Waals surface area contributed by atoms with Crippen molar-refractivity contribution in [2.24, 2.45) is 0 Å². The quantitative estimate of drug-likeness (QED) is 0.137. The lowest BCUT2D eigenvalue weighted by molar-refractivity contribution is -0.149. The van der Waals surface area contributed by atoms with Gasteiger partial charge in [-0.15, -0.1) is 0 Å². The highest BCUT2D eigenvalue weighted by molar-refractivity contribution is 6.09. The number of ether oxygens (including phenoxy) is 3. The van der Waals surface area contributed by atoms with Gasteiger partial charge in [0.05, 0.1) is 7.11 Å². The van der Waals surface area contributed by atoms with Crippen LogP contribution >= 0.6 is 0 Å². The zero-order valence-corrected chi connectivity index (χ0v) is 19.4. The van der Waals surface area contributed by atoms with Gasteiger partial charge in [-0.2, -0.15) is 0 Å². The van der Waals surface area contributed by atoms with Crippen LogP contribution in [-0.4, -0.2) is 42.5 Å². The monoisotopic (exact) mass is 446 g/mol. The lowest BCUT2D eigenvalue weighted by Crippen LogP contribution is -2.33. The molecule has 0 aromatic rings. The molecule has 1 aliphatic rings. The normalized spacial score (nSPS) is 20.2. The number of hydrogen-bond donors (Lipinski definition) is 0. The fourth-order valence-corrected chi connectivity index (χ4v) is 3.32. The third-order valence-electron chi connectivity index (χ3n) is 4.88. The molecule has 1 rings (SSSR count). The Labute approximate surface area is 190 Å². The van der Waals surface area contributed by atoms with Gasteiger partial charge in [-0.1, -0.05) is 44.1 Å². The minimum atomic E-state index is -1.17. The summed E-state index contributed by atoms with van der Waals surface area (Å²) in [5.41, 5.74) is -0.853. The van der Waals surface area contributed by atoms with E-state index in [9.17, 15) is 19.2 Å². The molecule has 0 fully saturated rings. The summed E-state index contributed by atoms with van der Waals surface area (Å²) in [7, 11) is 1.29. The minimum Gasteiger partial charge on any atom is -0.469 e. The van der Waals surface area contributed by atoms with Crippen LogP contribution < -0.4 is 0 Å². The highest BCUT2D eigenvalue weighted by atomic mass is 16.6. The van der Waals surface area contributed by atoms with Gasteiger partial charge in [0.15, 0.2) is 11.4 Å². The largest absolute Gasteiger partial charge is 0.469 e. The number of rotatable bonds is 13. The van der Waals surface area contributed by atoms with E-state index < -0.39 is 29.6 Å². The fourth-order valence-electron chi connectivity index (χ4n) is 3.32. The molecular formula is C25H34O7. The van der Waals surface area contributed by atoms with Gasteiger partial charge in [0, 0.05) is 32.3 Å². The maximum absolute atomic E-state index is 12.5. The molecule has 0 bridgehead atoms. The average molecular weight is 447 g/mol. The van der Waals surface area contributed by atoms with E-state index in [4.69, 9.17) is 9.47 Å². The molecule has 0 saturated heterocycles. The van der Waals surface area contributed by atoms with Gasteiger partial charge in [-0.05, 0) is 37.5 Å². The van der Waals surface area contributed by atoms with Crippen LogP contribution in [-0.2, 0) is 33.4 Å². The zero-order chi connectivity index (χ0) is 24.0. The van der Waals surface area contributed by atoms with Crippen LogP contribution in [0.25, 0.3) is 0 Å². The molecule has 0 aliphatic heterocycles. The lowest BCUT2D eigenvalue weighted by atomic mass is 9.91. The van der Waals surface area contributed by atoms with Gasteiger partial charge >= 0.3 is 17.9 Å². The second kappa shape index (κ2) is 14.2. The predicted octanol–water partition coefficient (Wildman–Crippen LogP) is 4.32. The van der Waals surface area contributed by atoms with Crippen LogP contribution in [0, 0.1) is 0 Å². The molecule has 176 valence electrons. The highest BCUT2D eigenvalue weighted by Gasteiger charge is 2.41. The Morgan fingerprint density at radius 3 is 2.50 bits per heavy atom. The third-order valence-corrected chi connectivity index (χ3v) is 4.88. The van der Waals surface area contributed by atoms with E-state index in [2.05, 4.69) is 11.7 Å². The number of allylic oxidation sites excluding steroid dienone is 4. The SMILES string of the molecule is CCCCC/C=C/CC1(OC(C)=O)C=CC(=O)/C1=C\C=C/C(CCC(=O)OC)OC(C)=O. The summed E-state index contributed by atoms with van der Waals surface area (Å²) < 4.78 is 15.4. The van der Waals surface area contributed by atoms with Gasteiger partial charge in [-0.3, -0.25) is 19.2 Å². The first kappa shape index (κ1) is 27.1. The summed E-state index contributed by atoms with van der Waals surface area (Å²) in [4.78, 5) is 47.0. The summed E-state index contributed by atoms with van der Waals surface area (Å²) in [5, 5.41) is 0. The van der Waals surface area contributed by atoms with E-state index in [1.807, 2.05) is 12.2 Å². The fraction of sp³-hybridized carbons (Fsp3) is 0.520. The molecule has 7 nitrogen and oxygen atoms in total. The molecule has 0 amide bonds. The van der Waals surface area contributed by atoms with E-state index >= 15 is 0 Å². The highest BCUT2D eigenvalue weighted by Crippen LogP contribution is 2.34. The summed E-state index contributed by atoms with van der Waals surface area (Å²) in [5.74, 6) is -1.65. The topological polar surface area (TPSA) is 96.0 Å². The van der Waals surface area contributed by atoms with Crippen LogP contribution in [0.5, 0.6) is 0 Å². The number of ketones is 1. The van der Waals surface area contributed by atoms with Gasteiger partial charge in [-0.25, -0.2) is 0 Å². The van der Waals surface area contributed by atoms with Crippen LogP contribution in [0.2, 0.25) is 0 Å². The first-order valence-corrected chi connectivity index (χ1v) is 10.9. The molecule has 2 atom stereocenters. The Bertz CT molecular complexity index is 788. The number of esters is 3. The maximum Gasteiger partial charge on any atom is 0.305 e. The zero-order valence-electron chi connectivity index (χ0n) is 19.4. The summed E-state index contributed by atoms with van der Waals surface area (Å²) in [6.45, 7) is 4.72. The summed E-state index contributed by atoms with van der Waals surface area (Å²) >= 11 is 0. The predicted molar refractivity (Wildman–Crippen MR) is 121 cm³/mol. The molecule has 0 aromatic heterocycles. The second-order valence-electron chi connectivity index (χ2n) is 7.58. The lowest BCUT2D eigenvalue weighted by Gasteiger charge is -2.27. The Balaban J connectivity index is 3.02. The van der Waals surface area contributed by atoms with Crippen molar-refractivity contribution >= 4 is 23.7 Å². The van der Waals surface area contributed by atoms with Crippen molar-refractivity contribution in [3.63, 3.8) is 0 Å². The van der Waals surface area contributed by atoms with E-state index in [0.29, 0.717) is 12.0 Å². The molecule has 1 aliphatic carbocycles. The van der Waals surface area contributed by atoms with Crippen molar-refractivity contribution in [1.29, 1.82) is 0 Å². The number of carbonyl (C=O) groups is 4. The molecule has 0 radical (unpaired) electrons. The molecule has 2 unspecified atom stereocenters. The molecule has 0 spiro atoms. The van der Waals surface area contributed by atoms with E-state index in [1.54, 1.807) is 24.3 Å². The van der Waals surface area contributed by atoms with Gasteiger partial charge in [0.1, 0.15) is 6.10 Å². The van der Waals surface area contributed by atoms with Crippen molar-refractivity contribution in [3.05, 3.63) is 48.1 Å². The minimum absolute atomic E-state index is 0.0794. The van der Waals surface area contributed by atoms with Crippen molar-refractivity contribution < 1.29 is 33.4 Å². The second-order valence-corrected chi connectivity index (χ2v) is 7.58. The first-order valence-electron chi connectivity index (χ1n) is 10.9. The standard InChI is InChI=1S/C25H34O7/c1-5-6-7-8-9-10-17-25(32-20(3)27)18-16-23(28)22(25)13-11-12-21(31-19(2)26)14-15-24(29)30-4/h9-13,16,18,21H,5-8,14-15,17H2,1-4H3/b10-9+,12-11-,22-13+. The molecule has 0 heterocycles. The smallest absolute Gasteiger partial charge is 0.305 e. The van der Waals surface area contributed by atoms with Gasteiger partial charge in [0.2, 0.25) is 0 Å². The number of carbonyl (C=O) groups excluding carboxylic acids is 4. The van der Waals surface area contributed by atoms with Gasteiger partial charge in [0.25, 0.3) is 0 Å². The number of hydrogen-bond acceptors (Lipinski definition) is 7. The maximum atomic E-state index is 12.5. The molecule has 0 N–H and O–H groups in total. The Morgan fingerprint density at radius 1 is 1.12 bits per heavy atom. The van der Waals surface area contributed by atoms with Gasteiger partial charge < -0.3 is 14.2 Å². The average Bonchev–Trinajstić information content (AvgIpc) is 3.03. The molecule has 32 heavy (non-hydrogen) atoms. The summed E-state index contributed by atoms with van der Waals surface area (Å²) in [6.07, 6.45) is 16.0. The molecule has 0 saturated carbocycles. The Hall–Kier alpha value is -2.96. The Kier molecular flexibility index (Phi) is 12.0. The molecule has 0 aromatic carbocycles. The number of methoxy groups -OCH3 is 1. The van der Waals surface area contributed by atoms with Crippen LogP contribution in [0.4, 0.5) is 0 Å². The van der Waals surface area contributed by atoms with Crippen LogP contribution in [0.15, 0.2) is 48.1 Å². The number of unbranched alkanes of at least 4 members (excludes halogenated alkanes) is 3. The molecular weight excluding hydrogens is 412 g/mol. The van der Waals surface area contributed by atoms with E-state index in [1.165, 1.54) is 27.0 Å². The van der Waals surface area contributed by atoms with E-state index in [0.717, 1.165) is 25.7 Å². The van der Waals surface area contributed by atoms with Crippen molar-refractivity contribution in [2.75, 3.05) is 7.11 Å². The van der Waals surface area contributed by atoms with Crippen LogP contribution in [0.1, 0.15) is 65.7 Å². The van der Waals surface area contributed by atoms with Crippen molar-refractivity contribution in [3.8, 4) is 0 Å². The first-order chi connectivity index (χ1) is 15.2. The van der Waals surface area contributed by atoms with E-state index in [-0.39, 0.29) is 18.6 Å². The third kappa shape index (κ3) is 9.45. The van der Waals surface area contributed by atoms with Crippen molar-refractivity contribution in [1.82, 2.24) is 0 Å². The van der Waals surface area contributed by atoms with Crippen LogP contribution in [0.3, 0.4) is 0 Å². The summed E-state index contributed by atoms with van der Waals surface area (Å²) in [6, 6.07) is 0. The van der Waals surface area contributed by atoms with Crippen molar-refractivity contribution in [2.45, 2.75) is 77.4 Å². The Morgan fingerprint density at radius 2 is 1.88 bits per heavy atom.